The van der Waals surface area contributed by atoms with E-state index in [2.05, 4.69) is 34.1 Å². The number of hydrogen-bond acceptors (Lipinski definition) is 7. The lowest BCUT2D eigenvalue weighted by atomic mass is 10.1. The van der Waals surface area contributed by atoms with Gasteiger partial charge in [-0.25, -0.2) is 4.79 Å². The van der Waals surface area contributed by atoms with E-state index in [1.54, 1.807) is 29.3 Å². The molecular formula is C25H34N6O4. The largest absolute Gasteiger partial charge is 0.443 e. The molecule has 1 aromatic carbocycles. The lowest BCUT2D eigenvalue weighted by Crippen LogP contribution is -2.47. The lowest BCUT2D eigenvalue weighted by Gasteiger charge is -2.31. The highest BCUT2D eigenvalue weighted by atomic mass is 16.6. The molecule has 2 atom stereocenters. The van der Waals surface area contributed by atoms with E-state index in [9.17, 15) is 14.7 Å². The number of carbonyl (C=O) groups is 2. The molecule has 0 aliphatic carbocycles. The Morgan fingerprint density at radius 3 is 2.71 bits per heavy atom. The van der Waals surface area contributed by atoms with Crippen LogP contribution in [-0.2, 0) is 11.2 Å². The number of hydrazone groups is 1. The molecule has 1 aliphatic rings. The quantitative estimate of drug-likeness (QED) is 0.247. The number of aromatic nitrogens is 1. The summed E-state index contributed by atoms with van der Waals surface area (Å²) in [6, 6.07) is 8.83. The fourth-order valence-corrected chi connectivity index (χ4v) is 3.73. The number of amides is 2. The highest BCUT2D eigenvalue weighted by Gasteiger charge is 2.30. The molecule has 1 aliphatic heterocycles. The monoisotopic (exact) mass is 482 g/mol. The van der Waals surface area contributed by atoms with Gasteiger partial charge in [0.2, 0.25) is 6.35 Å². The molecule has 0 bridgehead atoms. The Hall–Kier alpha value is -3.79. The normalized spacial score (nSPS) is 14.5. The summed E-state index contributed by atoms with van der Waals surface area (Å²) in [5.74, 6) is -0.628. The maximum atomic E-state index is 13.2. The number of aromatic amines is 1. The number of anilines is 2. The highest BCUT2D eigenvalue weighted by molar-refractivity contribution is 5.93. The van der Waals surface area contributed by atoms with Crippen molar-refractivity contribution in [1.82, 2.24) is 15.3 Å². The van der Waals surface area contributed by atoms with Crippen LogP contribution in [0.15, 0.2) is 53.9 Å². The first-order valence-electron chi connectivity index (χ1n) is 11.4. The van der Waals surface area contributed by atoms with E-state index >= 15 is 0 Å². The van der Waals surface area contributed by atoms with Crippen LogP contribution in [0.1, 0.15) is 43.7 Å². The minimum atomic E-state index is -1.35. The molecule has 188 valence electrons. The van der Waals surface area contributed by atoms with Gasteiger partial charge in [-0.05, 0) is 57.0 Å². The second-order valence-electron chi connectivity index (χ2n) is 9.48. The highest BCUT2D eigenvalue weighted by Crippen LogP contribution is 2.32. The first-order valence-corrected chi connectivity index (χ1v) is 11.4. The first kappa shape index (κ1) is 25.8. The van der Waals surface area contributed by atoms with Gasteiger partial charge in [0.25, 0.3) is 5.91 Å². The number of rotatable bonds is 9. The van der Waals surface area contributed by atoms with Crippen molar-refractivity contribution in [2.24, 2.45) is 11.0 Å². The Morgan fingerprint density at radius 1 is 1.34 bits per heavy atom. The van der Waals surface area contributed by atoms with Gasteiger partial charge in [-0.1, -0.05) is 19.6 Å². The molecule has 0 spiro atoms. The molecule has 2 unspecified atom stereocenters. The molecule has 3 rings (SSSR count). The number of fused-ring (bicyclic) bond motifs is 1. The van der Waals surface area contributed by atoms with Crippen molar-refractivity contribution in [3.63, 3.8) is 0 Å². The van der Waals surface area contributed by atoms with Crippen molar-refractivity contribution in [1.29, 1.82) is 0 Å². The van der Waals surface area contributed by atoms with Gasteiger partial charge >= 0.3 is 6.09 Å². The maximum Gasteiger partial charge on any atom is 0.414 e. The SMILES string of the molecule is C=NNC(=C)C(C)CN(C(=O)c1ccc[nH]1)C(O)Nc1ccc2c(c1)N(C(=O)OC(C)(C)C)CC2. The van der Waals surface area contributed by atoms with Gasteiger partial charge in [0.1, 0.15) is 11.3 Å². The molecule has 10 heteroatoms. The number of benzene rings is 1. The molecule has 10 nitrogen and oxygen atoms in total. The Morgan fingerprint density at radius 2 is 2.09 bits per heavy atom. The third kappa shape index (κ3) is 6.42. The molecule has 1 aromatic heterocycles. The minimum Gasteiger partial charge on any atom is -0.443 e. The van der Waals surface area contributed by atoms with Gasteiger partial charge in [0.15, 0.2) is 0 Å². The maximum absolute atomic E-state index is 13.2. The summed E-state index contributed by atoms with van der Waals surface area (Å²) in [5, 5.41) is 17.7. The van der Waals surface area contributed by atoms with Crippen molar-refractivity contribution in [3.8, 4) is 0 Å². The fourth-order valence-electron chi connectivity index (χ4n) is 3.73. The summed E-state index contributed by atoms with van der Waals surface area (Å²) >= 11 is 0. The Kier molecular flexibility index (Phi) is 7.85. The number of carbonyl (C=O) groups excluding carboxylic acids is 2. The fraction of sp³-hybridized carbons (Fsp3) is 0.400. The number of aliphatic hydroxyl groups is 1. The predicted molar refractivity (Wildman–Crippen MR) is 136 cm³/mol. The molecule has 4 N–H and O–H groups in total. The standard InChI is InChI=1S/C25H34N6O4/c1-16(17(2)29-26-6)15-31(22(32)20-8-7-12-27-20)23(33)28-19-10-9-18-11-13-30(21(18)14-19)24(34)35-25(3,4)5/h7-10,12,14,16,23,27-29,33H,2,6,11,13,15H2,1,3-5H3. The topological polar surface area (TPSA) is 122 Å². The van der Waals surface area contributed by atoms with Crippen LogP contribution in [0.2, 0.25) is 0 Å². The summed E-state index contributed by atoms with van der Waals surface area (Å²) in [7, 11) is 0. The number of hydrogen-bond donors (Lipinski definition) is 4. The second kappa shape index (κ2) is 10.6. The van der Waals surface area contributed by atoms with Gasteiger partial charge < -0.3 is 20.1 Å². The van der Waals surface area contributed by atoms with Crippen LogP contribution in [0.25, 0.3) is 0 Å². The van der Waals surface area contributed by atoms with Crippen molar-refractivity contribution in [2.45, 2.75) is 46.1 Å². The predicted octanol–water partition coefficient (Wildman–Crippen LogP) is 3.50. The van der Waals surface area contributed by atoms with Gasteiger partial charge in [-0.15, -0.1) is 0 Å². The van der Waals surface area contributed by atoms with E-state index in [4.69, 9.17) is 4.74 Å². The molecule has 0 saturated heterocycles. The molecule has 2 aromatic rings. The first-order chi connectivity index (χ1) is 16.5. The lowest BCUT2D eigenvalue weighted by molar-refractivity contribution is 0.0173. The van der Waals surface area contributed by atoms with Crippen molar-refractivity contribution >= 4 is 30.1 Å². The Bertz CT molecular complexity index is 1080. The summed E-state index contributed by atoms with van der Waals surface area (Å²) in [5.41, 5.74) is 5.24. The number of aliphatic hydroxyl groups excluding tert-OH is 1. The van der Waals surface area contributed by atoms with E-state index in [0.29, 0.717) is 35.7 Å². The van der Waals surface area contributed by atoms with Crippen LogP contribution in [0.5, 0.6) is 0 Å². The average Bonchev–Trinajstić information content (AvgIpc) is 3.45. The van der Waals surface area contributed by atoms with Crippen molar-refractivity contribution in [3.05, 3.63) is 60.1 Å². The zero-order valence-corrected chi connectivity index (χ0v) is 20.7. The van der Waals surface area contributed by atoms with Gasteiger partial charge in [0, 0.05) is 43.3 Å². The summed E-state index contributed by atoms with van der Waals surface area (Å²) < 4.78 is 5.53. The van der Waals surface area contributed by atoms with Crippen LogP contribution >= 0.6 is 0 Å². The van der Waals surface area contributed by atoms with Crippen molar-refractivity contribution < 1.29 is 19.4 Å². The van der Waals surface area contributed by atoms with E-state index in [-0.39, 0.29) is 12.5 Å². The number of H-pyrrole nitrogens is 1. The van der Waals surface area contributed by atoms with Crippen LogP contribution in [0.4, 0.5) is 16.2 Å². The molecular weight excluding hydrogens is 448 g/mol. The smallest absolute Gasteiger partial charge is 0.414 e. The van der Waals surface area contributed by atoms with Crippen LogP contribution < -0.4 is 15.6 Å². The second-order valence-corrected chi connectivity index (χ2v) is 9.48. The molecule has 2 amide bonds. The van der Waals surface area contributed by atoms with Crippen LogP contribution in [-0.4, -0.2) is 58.8 Å². The molecule has 0 fully saturated rings. The Labute approximate surface area is 205 Å². The number of nitrogens with zero attached hydrogens (tertiary/aromatic N) is 3. The summed E-state index contributed by atoms with van der Waals surface area (Å²) in [4.78, 5) is 31.6. The summed E-state index contributed by atoms with van der Waals surface area (Å²) in [6.07, 6.45) is 0.571. The van der Waals surface area contributed by atoms with Crippen LogP contribution in [0, 0.1) is 5.92 Å². The summed E-state index contributed by atoms with van der Waals surface area (Å²) in [6.45, 7) is 15.3. The van der Waals surface area contributed by atoms with E-state index < -0.39 is 24.0 Å². The van der Waals surface area contributed by atoms with Crippen molar-refractivity contribution in [2.75, 3.05) is 23.3 Å². The van der Waals surface area contributed by atoms with Gasteiger partial charge in [-0.3, -0.25) is 20.0 Å². The third-order valence-electron chi connectivity index (χ3n) is 5.56. The molecule has 0 radical (unpaired) electrons. The van der Waals surface area contributed by atoms with E-state index in [1.807, 2.05) is 39.8 Å². The molecule has 35 heavy (non-hydrogen) atoms. The van der Waals surface area contributed by atoms with Gasteiger partial charge in [-0.2, -0.15) is 5.10 Å². The average molecular weight is 483 g/mol. The van der Waals surface area contributed by atoms with Gasteiger partial charge in [0.05, 0.1) is 5.69 Å². The number of ether oxygens (including phenoxy) is 1. The molecule has 2 heterocycles. The zero-order chi connectivity index (χ0) is 25.8. The minimum absolute atomic E-state index is 0.155. The number of nitrogens with one attached hydrogen (secondary N) is 3. The van der Waals surface area contributed by atoms with E-state index in [0.717, 1.165) is 5.56 Å². The molecule has 0 saturated carbocycles. The Balaban J connectivity index is 1.80. The zero-order valence-electron chi connectivity index (χ0n) is 20.7. The van der Waals surface area contributed by atoms with E-state index in [1.165, 1.54) is 4.90 Å². The third-order valence-corrected chi connectivity index (χ3v) is 5.56. The van der Waals surface area contributed by atoms with Crippen LogP contribution in [0.3, 0.4) is 0 Å².